The van der Waals surface area contributed by atoms with Crippen molar-refractivity contribution in [3.8, 4) is 0 Å². The van der Waals surface area contributed by atoms with E-state index in [-0.39, 0.29) is 12.3 Å². The largest absolute Gasteiger partial charge is 0.481 e. The number of anilines is 1. The van der Waals surface area contributed by atoms with Crippen molar-refractivity contribution in [3.05, 3.63) is 18.0 Å². The van der Waals surface area contributed by atoms with Crippen molar-refractivity contribution < 1.29 is 19.4 Å². The molecule has 1 saturated carbocycles. The molecule has 2 saturated heterocycles. The molecule has 8 nitrogen and oxygen atoms in total. The zero-order valence-corrected chi connectivity index (χ0v) is 14.0. The molecule has 0 bridgehead atoms. The van der Waals surface area contributed by atoms with Gasteiger partial charge in [-0.2, -0.15) is 0 Å². The van der Waals surface area contributed by atoms with Crippen LogP contribution in [0.5, 0.6) is 0 Å². The molecule has 1 aliphatic carbocycles. The van der Waals surface area contributed by atoms with E-state index in [2.05, 4.69) is 9.97 Å². The molecule has 0 aromatic carbocycles. The summed E-state index contributed by atoms with van der Waals surface area (Å²) in [4.78, 5) is 36.6. The normalized spacial score (nSPS) is 27.0. The van der Waals surface area contributed by atoms with Gasteiger partial charge in [0.15, 0.2) is 0 Å². The molecule has 2 aliphatic heterocycles. The minimum atomic E-state index is -0.936. The second-order valence-electron chi connectivity index (χ2n) is 7.00. The number of carbonyl (C=O) groups excluding carboxylic acids is 1. The van der Waals surface area contributed by atoms with Gasteiger partial charge in [-0.15, -0.1) is 0 Å². The Morgan fingerprint density at radius 1 is 1.24 bits per heavy atom. The lowest BCUT2D eigenvalue weighted by molar-refractivity contribution is -0.142. The fraction of sp³-hybridized carbons (Fsp3) is 0.647. The molecule has 134 valence electrons. The van der Waals surface area contributed by atoms with Gasteiger partial charge >= 0.3 is 5.97 Å². The molecule has 0 radical (unpaired) electrons. The second-order valence-corrected chi connectivity index (χ2v) is 7.00. The molecule has 0 spiro atoms. The summed E-state index contributed by atoms with van der Waals surface area (Å²) in [6.07, 6.45) is 5.63. The number of morpholine rings is 1. The Morgan fingerprint density at radius 3 is 2.52 bits per heavy atom. The Kier molecular flexibility index (Phi) is 4.29. The number of ether oxygens (including phenoxy) is 1. The first-order chi connectivity index (χ1) is 12.1. The molecule has 1 aromatic heterocycles. The van der Waals surface area contributed by atoms with Gasteiger partial charge in [-0.1, -0.05) is 0 Å². The van der Waals surface area contributed by atoms with Crippen LogP contribution in [0.3, 0.4) is 0 Å². The number of carboxylic acids is 1. The van der Waals surface area contributed by atoms with Gasteiger partial charge in [0, 0.05) is 44.0 Å². The number of carboxylic acid groups (broad SMARTS) is 1. The molecule has 4 rings (SSSR count). The van der Waals surface area contributed by atoms with Gasteiger partial charge in [-0.25, -0.2) is 9.97 Å². The highest BCUT2D eigenvalue weighted by Crippen LogP contribution is 2.41. The molecular formula is C17H22N4O4. The highest BCUT2D eigenvalue weighted by Gasteiger charge is 2.46. The van der Waals surface area contributed by atoms with Crippen LogP contribution in [-0.2, 0) is 14.3 Å². The van der Waals surface area contributed by atoms with Gasteiger partial charge in [-0.3, -0.25) is 9.59 Å². The minimum absolute atomic E-state index is 0.0535. The Labute approximate surface area is 145 Å². The molecule has 1 aromatic rings. The van der Waals surface area contributed by atoms with E-state index in [4.69, 9.17) is 4.74 Å². The predicted molar refractivity (Wildman–Crippen MR) is 88.0 cm³/mol. The van der Waals surface area contributed by atoms with Crippen LogP contribution in [0.25, 0.3) is 0 Å². The lowest BCUT2D eigenvalue weighted by Crippen LogP contribution is -2.37. The number of hydrogen-bond acceptors (Lipinski definition) is 6. The predicted octanol–water partition coefficient (Wildman–Crippen LogP) is 0.697. The second kappa shape index (κ2) is 6.59. The Hall–Kier alpha value is -2.22. The number of carbonyl (C=O) groups is 2. The number of rotatable bonds is 5. The number of aromatic nitrogens is 2. The molecule has 3 fully saturated rings. The van der Waals surface area contributed by atoms with Crippen molar-refractivity contribution >= 4 is 17.8 Å². The number of nitrogens with zero attached hydrogens (tertiary/aromatic N) is 4. The summed E-state index contributed by atoms with van der Waals surface area (Å²) in [7, 11) is 0. The highest BCUT2D eigenvalue weighted by molar-refractivity contribution is 5.87. The summed E-state index contributed by atoms with van der Waals surface area (Å²) >= 11 is 0. The SMILES string of the molecule is O=C(O)[C@@H]1CC(=O)N(CC2CC2)[C@@H]1c1cnc(N2CCOCC2)nc1. The van der Waals surface area contributed by atoms with E-state index in [1.165, 1.54) is 0 Å². The molecule has 2 atom stereocenters. The van der Waals surface area contributed by atoms with Crippen LogP contribution in [0.15, 0.2) is 12.4 Å². The summed E-state index contributed by atoms with van der Waals surface area (Å²) in [5, 5.41) is 9.55. The van der Waals surface area contributed by atoms with Crippen molar-refractivity contribution in [2.45, 2.75) is 25.3 Å². The number of likely N-dealkylation sites (tertiary alicyclic amines) is 1. The highest BCUT2D eigenvalue weighted by atomic mass is 16.5. The quantitative estimate of drug-likeness (QED) is 0.838. The standard InChI is InChI=1S/C17H22N4O4/c22-14-7-13(16(23)24)15(21(14)10-11-1-2-11)12-8-18-17(19-9-12)20-3-5-25-6-4-20/h8-9,11,13,15H,1-7,10H2,(H,23,24)/t13-,15-/m1/s1. The molecule has 8 heteroatoms. The van der Waals surface area contributed by atoms with Gasteiger partial charge in [0.2, 0.25) is 11.9 Å². The van der Waals surface area contributed by atoms with Gasteiger partial charge in [0.05, 0.1) is 25.2 Å². The van der Waals surface area contributed by atoms with Crippen molar-refractivity contribution in [2.75, 3.05) is 37.7 Å². The van der Waals surface area contributed by atoms with Crippen molar-refractivity contribution in [3.63, 3.8) is 0 Å². The van der Waals surface area contributed by atoms with E-state index in [9.17, 15) is 14.7 Å². The molecular weight excluding hydrogens is 324 g/mol. The van der Waals surface area contributed by atoms with E-state index in [1.807, 2.05) is 4.90 Å². The van der Waals surface area contributed by atoms with E-state index in [0.717, 1.165) is 25.9 Å². The van der Waals surface area contributed by atoms with Gasteiger partial charge in [-0.05, 0) is 18.8 Å². The monoisotopic (exact) mass is 346 g/mol. The Morgan fingerprint density at radius 2 is 1.92 bits per heavy atom. The third kappa shape index (κ3) is 3.30. The Bertz CT molecular complexity index is 655. The third-order valence-corrected chi connectivity index (χ3v) is 5.19. The van der Waals surface area contributed by atoms with Crippen LogP contribution >= 0.6 is 0 Å². The zero-order chi connectivity index (χ0) is 17.4. The van der Waals surface area contributed by atoms with Crippen molar-refractivity contribution in [1.82, 2.24) is 14.9 Å². The lowest BCUT2D eigenvalue weighted by Gasteiger charge is -2.29. The summed E-state index contributed by atoms with van der Waals surface area (Å²) < 4.78 is 5.33. The number of aliphatic carboxylic acids is 1. The third-order valence-electron chi connectivity index (χ3n) is 5.19. The van der Waals surface area contributed by atoms with E-state index in [1.54, 1.807) is 17.3 Å². The van der Waals surface area contributed by atoms with E-state index < -0.39 is 17.9 Å². The maximum Gasteiger partial charge on any atom is 0.309 e. The van der Waals surface area contributed by atoms with Crippen molar-refractivity contribution in [1.29, 1.82) is 0 Å². The van der Waals surface area contributed by atoms with Gasteiger partial charge in [0.25, 0.3) is 0 Å². The average molecular weight is 346 g/mol. The van der Waals surface area contributed by atoms with Gasteiger partial charge < -0.3 is 19.6 Å². The smallest absolute Gasteiger partial charge is 0.309 e. The van der Waals surface area contributed by atoms with Crippen LogP contribution < -0.4 is 4.90 Å². The lowest BCUT2D eigenvalue weighted by atomic mass is 9.95. The molecule has 1 amide bonds. The topological polar surface area (TPSA) is 95.9 Å². The first-order valence-corrected chi connectivity index (χ1v) is 8.80. The maximum atomic E-state index is 12.4. The molecule has 1 N–H and O–H groups in total. The van der Waals surface area contributed by atoms with Crippen LogP contribution in [0.1, 0.15) is 30.9 Å². The number of hydrogen-bond donors (Lipinski definition) is 1. The summed E-state index contributed by atoms with van der Waals surface area (Å²) in [5.41, 5.74) is 0.705. The van der Waals surface area contributed by atoms with Gasteiger partial charge in [0.1, 0.15) is 0 Å². The van der Waals surface area contributed by atoms with Crippen LogP contribution in [0, 0.1) is 11.8 Å². The fourth-order valence-corrected chi connectivity index (χ4v) is 3.63. The van der Waals surface area contributed by atoms with E-state index >= 15 is 0 Å². The van der Waals surface area contributed by atoms with Crippen LogP contribution in [0.2, 0.25) is 0 Å². The van der Waals surface area contributed by atoms with Crippen LogP contribution in [0.4, 0.5) is 5.95 Å². The first-order valence-electron chi connectivity index (χ1n) is 8.80. The summed E-state index contributed by atoms with van der Waals surface area (Å²) in [6, 6.07) is -0.468. The maximum absolute atomic E-state index is 12.4. The minimum Gasteiger partial charge on any atom is -0.481 e. The van der Waals surface area contributed by atoms with E-state index in [0.29, 0.717) is 37.2 Å². The summed E-state index contributed by atoms with van der Waals surface area (Å²) in [6.45, 7) is 3.43. The fourth-order valence-electron chi connectivity index (χ4n) is 3.63. The number of amides is 1. The first kappa shape index (κ1) is 16.3. The average Bonchev–Trinajstić information content (AvgIpc) is 3.39. The molecule has 3 aliphatic rings. The van der Waals surface area contributed by atoms with Crippen molar-refractivity contribution in [2.24, 2.45) is 11.8 Å². The molecule has 25 heavy (non-hydrogen) atoms. The Balaban J connectivity index is 1.57. The summed E-state index contributed by atoms with van der Waals surface area (Å²) in [5.74, 6) is -0.621. The molecule has 0 unspecified atom stereocenters. The zero-order valence-electron chi connectivity index (χ0n) is 14.0. The molecule has 3 heterocycles. The van der Waals surface area contributed by atoms with Crippen LogP contribution in [-0.4, -0.2) is 64.7 Å².